The maximum Gasteiger partial charge on any atom is 0.407 e. The topological polar surface area (TPSA) is 64.6 Å². The summed E-state index contributed by atoms with van der Waals surface area (Å²) < 4.78 is 9.94. The predicted molar refractivity (Wildman–Crippen MR) is 64.6 cm³/mol. The third kappa shape index (κ3) is 9.41. The van der Waals surface area contributed by atoms with Crippen molar-refractivity contribution in [1.29, 1.82) is 0 Å². The average Bonchev–Trinajstić information content (AvgIpc) is 2.14. The third-order valence-electron chi connectivity index (χ3n) is 1.65. The van der Waals surface area contributed by atoms with E-state index >= 15 is 0 Å². The number of carbonyl (C=O) groups excluding carboxylic acids is 2. The van der Waals surface area contributed by atoms with Crippen LogP contribution in [0.15, 0.2) is 12.7 Å². The summed E-state index contributed by atoms with van der Waals surface area (Å²) in [5, 5.41) is 2.47. The van der Waals surface area contributed by atoms with Gasteiger partial charge < -0.3 is 14.8 Å². The third-order valence-corrected chi connectivity index (χ3v) is 1.65. The van der Waals surface area contributed by atoms with Crippen LogP contribution < -0.4 is 5.32 Å². The molecule has 0 spiro atoms. The molecule has 0 saturated heterocycles. The van der Waals surface area contributed by atoms with Crippen molar-refractivity contribution in [1.82, 2.24) is 5.32 Å². The fourth-order valence-electron chi connectivity index (χ4n) is 0.895. The SMILES string of the molecule is C=CC(C)OC(=O)CCNC(=O)OC(C)(C)C. The molecule has 0 aliphatic heterocycles. The average molecular weight is 243 g/mol. The van der Waals surface area contributed by atoms with E-state index in [9.17, 15) is 9.59 Å². The van der Waals surface area contributed by atoms with Crippen LogP contribution in [0.3, 0.4) is 0 Å². The second kappa shape index (κ2) is 6.93. The Bertz CT molecular complexity index is 281. The number of nitrogens with one attached hydrogen (secondary N) is 1. The lowest BCUT2D eigenvalue weighted by Crippen LogP contribution is -2.33. The number of hydrogen-bond donors (Lipinski definition) is 1. The van der Waals surface area contributed by atoms with Crippen LogP contribution in [0.4, 0.5) is 4.79 Å². The molecular weight excluding hydrogens is 222 g/mol. The van der Waals surface area contributed by atoms with Crippen molar-refractivity contribution < 1.29 is 19.1 Å². The first-order valence-corrected chi connectivity index (χ1v) is 5.53. The lowest BCUT2D eigenvalue weighted by atomic mass is 10.2. The molecule has 0 fully saturated rings. The summed E-state index contributed by atoms with van der Waals surface area (Å²) in [5.74, 6) is -0.381. The van der Waals surface area contributed by atoms with Crippen molar-refractivity contribution >= 4 is 12.1 Å². The molecule has 1 amide bonds. The molecule has 0 radical (unpaired) electrons. The minimum Gasteiger partial charge on any atom is -0.458 e. The normalized spacial score (nSPS) is 12.5. The summed E-state index contributed by atoms with van der Waals surface area (Å²) >= 11 is 0. The number of hydrogen-bond acceptors (Lipinski definition) is 4. The predicted octanol–water partition coefficient (Wildman–Crippen LogP) is 2.02. The highest BCUT2D eigenvalue weighted by Gasteiger charge is 2.16. The molecule has 0 aliphatic carbocycles. The molecule has 1 atom stereocenters. The van der Waals surface area contributed by atoms with Gasteiger partial charge in [0.05, 0.1) is 6.42 Å². The number of alkyl carbamates (subject to hydrolysis) is 1. The van der Waals surface area contributed by atoms with Gasteiger partial charge in [-0.15, -0.1) is 0 Å². The standard InChI is InChI=1S/C12H21NO4/c1-6-9(2)16-10(14)7-8-13-11(15)17-12(3,4)5/h6,9H,1,7-8H2,2-5H3,(H,13,15). The zero-order valence-corrected chi connectivity index (χ0v) is 10.9. The summed E-state index contributed by atoms with van der Waals surface area (Å²) in [4.78, 5) is 22.4. The minimum absolute atomic E-state index is 0.109. The monoisotopic (exact) mass is 243 g/mol. The largest absolute Gasteiger partial charge is 0.458 e. The van der Waals surface area contributed by atoms with Crippen molar-refractivity contribution in [2.24, 2.45) is 0 Å². The molecule has 0 saturated carbocycles. The van der Waals surface area contributed by atoms with Gasteiger partial charge in [-0.2, -0.15) is 0 Å². The van der Waals surface area contributed by atoms with Gasteiger partial charge in [-0.1, -0.05) is 12.7 Å². The van der Waals surface area contributed by atoms with E-state index in [2.05, 4.69) is 11.9 Å². The van der Waals surface area contributed by atoms with Gasteiger partial charge >= 0.3 is 12.1 Å². The summed E-state index contributed by atoms with van der Waals surface area (Å²) in [6, 6.07) is 0. The van der Waals surface area contributed by atoms with E-state index in [-0.39, 0.29) is 25.0 Å². The number of carbonyl (C=O) groups is 2. The second-order valence-corrected chi connectivity index (χ2v) is 4.61. The van der Waals surface area contributed by atoms with E-state index in [1.54, 1.807) is 27.7 Å². The molecule has 0 bridgehead atoms. The van der Waals surface area contributed by atoms with Gasteiger partial charge in [0.2, 0.25) is 0 Å². The van der Waals surface area contributed by atoms with Gasteiger partial charge in [-0.05, 0) is 27.7 Å². The summed E-state index contributed by atoms with van der Waals surface area (Å²) in [5.41, 5.74) is -0.540. The molecule has 0 rings (SSSR count). The Morgan fingerprint density at radius 1 is 1.41 bits per heavy atom. The maximum atomic E-state index is 11.2. The lowest BCUT2D eigenvalue weighted by molar-refractivity contribution is -0.145. The zero-order valence-electron chi connectivity index (χ0n) is 10.9. The Morgan fingerprint density at radius 2 is 2.00 bits per heavy atom. The number of rotatable bonds is 5. The first-order chi connectivity index (χ1) is 7.74. The van der Waals surface area contributed by atoms with Crippen molar-refractivity contribution in [3.05, 3.63) is 12.7 Å². The van der Waals surface area contributed by atoms with Crippen LogP contribution in [0.1, 0.15) is 34.1 Å². The quantitative estimate of drug-likeness (QED) is 0.592. The van der Waals surface area contributed by atoms with Crippen LogP contribution in [0.25, 0.3) is 0 Å². The van der Waals surface area contributed by atoms with E-state index in [1.807, 2.05) is 0 Å². The molecule has 0 aromatic heterocycles. The molecule has 5 nitrogen and oxygen atoms in total. The fraction of sp³-hybridized carbons (Fsp3) is 0.667. The van der Waals surface area contributed by atoms with Crippen LogP contribution in [0.5, 0.6) is 0 Å². The molecule has 0 aliphatic rings. The zero-order chi connectivity index (χ0) is 13.5. The van der Waals surface area contributed by atoms with Gasteiger partial charge in [-0.3, -0.25) is 4.79 Å². The van der Waals surface area contributed by atoms with Crippen molar-refractivity contribution in [2.45, 2.75) is 45.8 Å². The van der Waals surface area contributed by atoms with E-state index in [1.165, 1.54) is 6.08 Å². The Kier molecular flexibility index (Phi) is 6.31. The Labute approximate surface area is 102 Å². The van der Waals surface area contributed by atoms with Crippen LogP contribution in [-0.2, 0) is 14.3 Å². The van der Waals surface area contributed by atoms with E-state index in [0.717, 1.165) is 0 Å². The number of esters is 1. The molecule has 1 unspecified atom stereocenters. The van der Waals surface area contributed by atoms with Crippen molar-refractivity contribution in [2.75, 3.05) is 6.54 Å². The Morgan fingerprint density at radius 3 is 2.47 bits per heavy atom. The van der Waals surface area contributed by atoms with Crippen molar-refractivity contribution in [3.8, 4) is 0 Å². The van der Waals surface area contributed by atoms with Gasteiger partial charge in [0.15, 0.2) is 0 Å². The van der Waals surface area contributed by atoms with E-state index in [0.29, 0.717) is 0 Å². The fourth-order valence-corrected chi connectivity index (χ4v) is 0.895. The van der Waals surface area contributed by atoms with Crippen LogP contribution in [0, 0.1) is 0 Å². The van der Waals surface area contributed by atoms with E-state index < -0.39 is 11.7 Å². The lowest BCUT2D eigenvalue weighted by Gasteiger charge is -2.19. The van der Waals surface area contributed by atoms with Gasteiger partial charge in [0.1, 0.15) is 11.7 Å². The molecular formula is C12H21NO4. The summed E-state index contributed by atoms with van der Waals surface area (Å²) in [6.07, 6.45) is 0.780. The van der Waals surface area contributed by atoms with Gasteiger partial charge in [-0.25, -0.2) is 4.79 Å². The number of amides is 1. The van der Waals surface area contributed by atoms with Crippen LogP contribution >= 0.6 is 0 Å². The van der Waals surface area contributed by atoms with Crippen LogP contribution in [-0.4, -0.2) is 30.3 Å². The van der Waals surface area contributed by atoms with E-state index in [4.69, 9.17) is 9.47 Å². The van der Waals surface area contributed by atoms with Gasteiger partial charge in [0.25, 0.3) is 0 Å². The highest BCUT2D eigenvalue weighted by atomic mass is 16.6. The summed E-state index contributed by atoms with van der Waals surface area (Å²) in [7, 11) is 0. The maximum absolute atomic E-state index is 11.2. The Hall–Kier alpha value is -1.52. The molecule has 0 aromatic rings. The molecule has 5 heteroatoms. The summed E-state index contributed by atoms with van der Waals surface area (Å²) in [6.45, 7) is 10.7. The second-order valence-electron chi connectivity index (χ2n) is 4.61. The van der Waals surface area contributed by atoms with Crippen molar-refractivity contribution in [3.63, 3.8) is 0 Å². The minimum atomic E-state index is -0.540. The first-order valence-electron chi connectivity index (χ1n) is 5.53. The molecule has 98 valence electrons. The number of ether oxygens (including phenoxy) is 2. The smallest absolute Gasteiger partial charge is 0.407 e. The molecule has 0 aromatic carbocycles. The first kappa shape index (κ1) is 15.5. The van der Waals surface area contributed by atoms with Crippen LogP contribution in [0.2, 0.25) is 0 Å². The highest BCUT2D eigenvalue weighted by molar-refractivity contribution is 5.72. The molecule has 17 heavy (non-hydrogen) atoms. The highest BCUT2D eigenvalue weighted by Crippen LogP contribution is 2.06. The molecule has 1 N–H and O–H groups in total. The van der Waals surface area contributed by atoms with Gasteiger partial charge in [0, 0.05) is 6.54 Å². The Balaban J connectivity index is 3.73. The molecule has 0 heterocycles.